The molecular formula is C14H26O2. The van der Waals surface area contributed by atoms with Gasteiger partial charge in [-0.2, -0.15) is 0 Å². The Morgan fingerprint density at radius 1 is 1.25 bits per heavy atom. The summed E-state index contributed by atoms with van der Waals surface area (Å²) in [5.74, 6) is 1.19. The first-order chi connectivity index (χ1) is 7.83. The molecule has 0 amide bonds. The molecule has 0 radical (unpaired) electrons. The van der Waals surface area contributed by atoms with E-state index in [0.717, 1.165) is 6.42 Å². The summed E-state index contributed by atoms with van der Waals surface area (Å²) in [5, 5.41) is 0. The van der Waals surface area contributed by atoms with Gasteiger partial charge in [-0.15, -0.1) is 0 Å². The van der Waals surface area contributed by atoms with Gasteiger partial charge in [-0.3, -0.25) is 4.79 Å². The fourth-order valence-electron chi connectivity index (χ4n) is 3.11. The van der Waals surface area contributed by atoms with Crippen LogP contribution in [0, 0.1) is 11.8 Å². The van der Waals surface area contributed by atoms with Crippen molar-refractivity contribution in [3.8, 4) is 0 Å². The van der Waals surface area contributed by atoms with E-state index in [-0.39, 0.29) is 6.10 Å². The predicted octanol–water partition coefficient (Wildman–Crippen LogP) is 3.93. The van der Waals surface area contributed by atoms with Gasteiger partial charge in [-0.25, -0.2) is 0 Å². The Labute approximate surface area is 99.8 Å². The molecule has 0 spiro atoms. The molecule has 1 aliphatic carbocycles. The average Bonchev–Trinajstić information content (AvgIpc) is 2.35. The first-order valence-corrected chi connectivity index (χ1v) is 6.92. The maximum Gasteiger partial charge on any atom is 0.293 e. The van der Waals surface area contributed by atoms with Crippen LogP contribution in [0.5, 0.6) is 0 Å². The van der Waals surface area contributed by atoms with E-state index in [9.17, 15) is 4.79 Å². The minimum Gasteiger partial charge on any atom is -0.464 e. The highest BCUT2D eigenvalue weighted by molar-refractivity contribution is 5.37. The summed E-state index contributed by atoms with van der Waals surface area (Å²) in [6.07, 6.45) is 10.2. The maximum absolute atomic E-state index is 10.7. The monoisotopic (exact) mass is 226 g/mol. The molecule has 1 aliphatic rings. The molecular weight excluding hydrogens is 200 g/mol. The van der Waals surface area contributed by atoms with E-state index in [1.165, 1.54) is 44.9 Å². The van der Waals surface area contributed by atoms with Crippen molar-refractivity contribution in [2.45, 2.75) is 71.3 Å². The summed E-state index contributed by atoms with van der Waals surface area (Å²) in [5.41, 5.74) is 0. The topological polar surface area (TPSA) is 26.3 Å². The smallest absolute Gasteiger partial charge is 0.293 e. The van der Waals surface area contributed by atoms with Gasteiger partial charge in [0, 0.05) is 0 Å². The minimum atomic E-state index is 0.183. The Balaban J connectivity index is 2.58. The second kappa shape index (κ2) is 7.70. The molecule has 2 unspecified atom stereocenters. The Morgan fingerprint density at radius 3 is 2.44 bits per heavy atom. The van der Waals surface area contributed by atoms with Gasteiger partial charge in [0.1, 0.15) is 6.10 Å². The third-order valence-electron chi connectivity index (χ3n) is 3.98. The van der Waals surface area contributed by atoms with Crippen molar-refractivity contribution >= 4 is 6.47 Å². The molecule has 1 saturated carbocycles. The molecule has 0 aromatic heterocycles. The van der Waals surface area contributed by atoms with Crippen LogP contribution in [0.4, 0.5) is 0 Å². The molecule has 0 N–H and O–H groups in total. The third kappa shape index (κ3) is 3.80. The highest BCUT2D eigenvalue weighted by atomic mass is 16.5. The zero-order valence-electron chi connectivity index (χ0n) is 10.8. The van der Waals surface area contributed by atoms with Crippen molar-refractivity contribution in [3.05, 3.63) is 0 Å². The number of hydrogen-bond donors (Lipinski definition) is 0. The normalized spacial score (nSPS) is 21.4. The summed E-state index contributed by atoms with van der Waals surface area (Å²) in [6, 6.07) is 0. The molecule has 1 rings (SSSR count). The molecule has 0 heterocycles. The fraction of sp³-hybridized carbons (Fsp3) is 0.929. The zero-order chi connectivity index (χ0) is 11.8. The molecule has 1 fully saturated rings. The highest BCUT2D eigenvalue weighted by Crippen LogP contribution is 2.33. The largest absolute Gasteiger partial charge is 0.464 e. The summed E-state index contributed by atoms with van der Waals surface area (Å²) in [4.78, 5) is 10.7. The lowest BCUT2D eigenvalue weighted by Crippen LogP contribution is -2.33. The highest BCUT2D eigenvalue weighted by Gasteiger charge is 2.30. The van der Waals surface area contributed by atoms with Crippen LogP contribution in [0.1, 0.15) is 65.2 Å². The second-order valence-electron chi connectivity index (χ2n) is 5.05. The molecule has 0 saturated heterocycles. The SMILES string of the molecule is CCCC(CC)C(OC=O)C1CCCCC1. The lowest BCUT2D eigenvalue weighted by Gasteiger charge is -2.34. The molecule has 2 heteroatoms. The lowest BCUT2D eigenvalue weighted by molar-refractivity contribution is -0.140. The number of carbonyl (C=O) groups is 1. The van der Waals surface area contributed by atoms with Crippen LogP contribution in [-0.2, 0) is 9.53 Å². The Bertz CT molecular complexity index is 180. The summed E-state index contributed by atoms with van der Waals surface area (Å²) in [6.45, 7) is 5.09. The van der Waals surface area contributed by atoms with Gasteiger partial charge in [0.15, 0.2) is 0 Å². The van der Waals surface area contributed by atoms with Crippen LogP contribution in [0.2, 0.25) is 0 Å². The van der Waals surface area contributed by atoms with Gasteiger partial charge in [0.05, 0.1) is 0 Å². The zero-order valence-corrected chi connectivity index (χ0v) is 10.8. The van der Waals surface area contributed by atoms with E-state index >= 15 is 0 Å². The van der Waals surface area contributed by atoms with Crippen LogP contribution in [0.25, 0.3) is 0 Å². The van der Waals surface area contributed by atoms with Gasteiger partial charge in [-0.1, -0.05) is 39.5 Å². The average molecular weight is 226 g/mol. The second-order valence-corrected chi connectivity index (χ2v) is 5.05. The minimum absolute atomic E-state index is 0.183. The van der Waals surface area contributed by atoms with Crippen LogP contribution in [-0.4, -0.2) is 12.6 Å². The molecule has 16 heavy (non-hydrogen) atoms. The van der Waals surface area contributed by atoms with Crippen molar-refractivity contribution in [1.82, 2.24) is 0 Å². The number of ether oxygens (including phenoxy) is 1. The fourth-order valence-corrected chi connectivity index (χ4v) is 3.11. The van der Waals surface area contributed by atoms with Crippen molar-refractivity contribution in [1.29, 1.82) is 0 Å². The van der Waals surface area contributed by atoms with Crippen LogP contribution < -0.4 is 0 Å². The van der Waals surface area contributed by atoms with Crippen LogP contribution in [0.3, 0.4) is 0 Å². The van der Waals surface area contributed by atoms with Gasteiger partial charge >= 0.3 is 0 Å². The Hall–Kier alpha value is -0.530. The van der Waals surface area contributed by atoms with Crippen molar-refractivity contribution in [2.75, 3.05) is 0 Å². The van der Waals surface area contributed by atoms with Gasteiger partial charge in [-0.05, 0) is 37.5 Å². The summed E-state index contributed by atoms with van der Waals surface area (Å²) < 4.78 is 5.41. The van der Waals surface area contributed by atoms with E-state index in [2.05, 4.69) is 13.8 Å². The summed E-state index contributed by atoms with van der Waals surface area (Å²) >= 11 is 0. The van der Waals surface area contributed by atoms with E-state index in [4.69, 9.17) is 4.74 Å². The van der Waals surface area contributed by atoms with E-state index < -0.39 is 0 Å². The molecule has 2 atom stereocenters. The standard InChI is InChI=1S/C14H26O2/c1-3-8-12(4-2)14(16-11-15)13-9-6-5-7-10-13/h11-14H,3-10H2,1-2H3. The third-order valence-corrected chi connectivity index (χ3v) is 3.98. The van der Waals surface area contributed by atoms with Gasteiger partial charge in [0.2, 0.25) is 0 Å². The Kier molecular flexibility index (Phi) is 6.51. The van der Waals surface area contributed by atoms with Crippen molar-refractivity contribution < 1.29 is 9.53 Å². The number of carbonyl (C=O) groups excluding carboxylic acids is 1. The Morgan fingerprint density at radius 2 is 1.94 bits per heavy atom. The number of rotatable bonds is 7. The van der Waals surface area contributed by atoms with Gasteiger partial charge in [0.25, 0.3) is 6.47 Å². The van der Waals surface area contributed by atoms with Crippen molar-refractivity contribution in [2.24, 2.45) is 11.8 Å². The molecule has 94 valence electrons. The van der Waals surface area contributed by atoms with Crippen molar-refractivity contribution in [3.63, 3.8) is 0 Å². The van der Waals surface area contributed by atoms with E-state index in [1.807, 2.05) is 0 Å². The molecule has 0 aromatic carbocycles. The van der Waals surface area contributed by atoms with E-state index in [0.29, 0.717) is 18.3 Å². The quantitative estimate of drug-likeness (QED) is 0.615. The summed E-state index contributed by atoms with van der Waals surface area (Å²) in [7, 11) is 0. The molecule has 2 nitrogen and oxygen atoms in total. The maximum atomic E-state index is 10.7. The first-order valence-electron chi connectivity index (χ1n) is 6.92. The lowest BCUT2D eigenvalue weighted by atomic mass is 9.78. The predicted molar refractivity (Wildman–Crippen MR) is 66.2 cm³/mol. The van der Waals surface area contributed by atoms with Crippen LogP contribution in [0.15, 0.2) is 0 Å². The number of hydrogen-bond acceptors (Lipinski definition) is 2. The molecule has 0 bridgehead atoms. The van der Waals surface area contributed by atoms with Crippen LogP contribution >= 0.6 is 0 Å². The first kappa shape index (κ1) is 13.5. The van der Waals surface area contributed by atoms with E-state index in [1.54, 1.807) is 0 Å². The molecule has 0 aliphatic heterocycles. The van der Waals surface area contributed by atoms with Gasteiger partial charge < -0.3 is 4.74 Å². The molecule has 0 aromatic rings.